The maximum absolute atomic E-state index is 11.7. The normalized spacial score (nSPS) is 23.8. The molecule has 5 nitrogen and oxygen atoms in total. The maximum Gasteiger partial charge on any atom is 0.225 e. The molecule has 1 rings (SSSR count). The van der Waals surface area contributed by atoms with Gasteiger partial charge in [0.15, 0.2) is 0 Å². The number of nitrogens with one attached hydrogen (secondary N) is 2. The predicted octanol–water partition coefficient (Wildman–Crippen LogP) is 0.958. The average molecular weight is 270 g/mol. The Hall–Kier alpha value is -1.10. The zero-order valence-corrected chi connectivity index (χ0v) is 12.2. The number of amides is 2. The molecule has 2 unspecified atom stereocenters. The molecule has 0 bridgehead atoms. The minimum absolute atomic E-state index is 0.0574. The number of hydrogen-bond acceptors (Lipinski definition) is 3. The number of carbonyl (C=O) groups is 2. The van der Waals surface area contributed by atoms with Crippen molar-refractivity contribution in [2.24, 2.45) is 5.41 Å². The van der Waals surface area contributed by atoms with E-state index in [2.05, 4.69) is 10.6 Å². The Balaban J connectivity index is 2.23. The molecule has 0 aromatic rings. The molecule has 1 aliphatic carbocycles. The van der Waals surface area contributed by atoms with Gasteiger partial charge in [0.2, 0.25) is 11.8 Å². The maximum atomic E-state index is 11.7. The molecule has 1 saturated carbocycles. The van der Waals surface area contributed by atoms with Crippen molar-refractivity contribution < 1.29 is 14.7 Å². The van der Waals surface area contributed by atoms with E-state index >= 15 is 0 Å². The van der Waals surface area contributed by atoms with Gasteiger partial charge in [-0.1, -0.05) is 33.6 Å². The minimum atomic E-state index is -0.434. The second kappa shape index (κ2) is 6.89. The molecule has 0 heterocycles. The van der Waals surface area contributed by atoms with Crippen LogP contribution in [0.25, 0.3) is 0 Å². The van der Waals surface area contributed by atoms with Crippen LogP contribution in [0.15, 0.2) is 0 Å². The molecule has 1 aliphatic rings. The molecular formula is C14H26N2O3. The molecule has 0 radical (unpaired) electrons. The van der Waals surface area contributed by atoms with Crippen LogP contribution in [0.5, 0.6) is 0 Å². The van der Waals surface area contributed by atoms with Gasteiger partial charge >= 0.3 is 0 Å². The Bertz CT molecular complexity index is 323. The Labute approximate surface area is 115 Å². The van der Waals surface area contributed by atoms with E-state index in [0.717, 1.165) is 25.7 Å². The lowest BCUT2D eigenvalue weighted by molar-refractivity contribution is -0.128. The van der Waals surface area contributed by atoms with E-state index in [-0.39, 0.29) is 24.3 Å². The highest BCUT2D eigenvalue weighted by molar-refractivity contribution is 5.82. The molecule has 2 atom stereocenters. The summed E-state index contributed by atoms with van der Waals surface area (Å²) in [6, 6.07) is -0.125. The quantitative estimate of drug-likeness (QED) is 0.712. The Morgan fingerprint density at radius 2 is 1.84 bits per heavy atom. The third kappa shape index (κ3) is 5.59. The van der Waals surface area contributed by atoms with Crippen LogP contribution in [0.4, 0.5) is 0 Å². The zero-order chi connectivity index (χ0) is 14.5. The van der Waals surface area contributed by atoms with Gasteiger partial charge in [0.05, 0.1) is 12.1 Å². The summed E-state index contributed by atoms with van der Waals surface area (Å²) in [6.45, 7) is 5.84. The van der Waals surface area contributed by atoms with Crippen molar-refractivity contribution in [2.75, 3.05) is 6.54 Å². The third-order valence-electron chi connectivity index (χ3n) is 3.39. The molecular weight excluding hydrogens is 244 g/mol. The lowest BCUT2D eigenvalue weighted by Gasteiger charge is -2.28. The summed E-state index contributed by atoms with van der Waals surface area (Å²) in [4.78, 5) is 23.3. The average Bonchev–Trinajstić information content (AvgIpc) is 2.31. The summed E-state index contributed by atoms with van der Waals surface area (Å²) >= 11 is 0. The molecule has 0 spiro atoms. The first-order valence-electron chi connectivity index (χ1n) is 7.06. The van der Waals surface area contributed by atoms with Crippen molar-refractivity contribution in [1.82, 2.24) is 10.6 Å². The monoisotopic (exact) mass is 270 g/mol. The van der Waals surface area contributed by atoms with E-state index in [0.29, 0.717) is 6.54 Å². The highest BCUT2D eigenvalue weighted by Crippen LogP contribution is 2.18. The first-order valence-corrected chi connectivity index (χ1v) is 7.06. The van der Waals surface area contributed by atoms with Gasteiger partial charge in [-0.15, -0.1) is 0 Å². The van der Waals surface area contributed by atoms with E-state index < -0.39 is 11.5 Å². The minimum Gasteiger partial charge on any atom is -0.391 e. The Kier molecular flexibility index (Phi) is 5.79. The number of aliphatic hydroxyl groups excluding tert-OH is 1. The standard InChI is InChI=1S/C14H26N2O3/c1-14(2,3)13(19)15-9-8-12(18)16-10-6-4-5-7-11(10)17/h10-11,17H,4-9H2,1-3H3,(H,15,19)(H,16,18). The number of hydrogen-bond donors (Lipinski definition) is 3. The highest BCUT2D eigenvalue weighted by Gasteiger charge is 2.24. The van der Waals surface area contributed by atoms with Gasteiger partial charge in [-0.3, -0.25) is 9.59 Å². The first-order chi connectivity index (χ1) is 8.80. The van der Waals surface area contributed by atoms with Crippen LogP contribution in [0.1, 0.15) is 52.9 Å². The smallest absolute Gasteiger partial charge is 0.225 e. The largest absolute Gasteiger partial charge is 0.391 e. The molecule has 5 heteroatoms. The summed E-state index contributed by atoms with van der Waals surface area (Å²) in [7, 11) is 0. The second-order valence-electron chi connectivity index (χ2n) is 6.28. The van der Waals surface area contributed by atoms with Crippen LogP contribution in [-0.2, 0) is 9.59 Å². The van der Waals surface area contributed by atoms with Gasteiger partial charge in [0.25, 0.3) is 0 Å². The van der Waals surface area contributed by atoms with Crippen LogP contribution < -0.4 is 10.6 Å². The lowest BCUT2D eigenvalue weighted by atomic mass is 9.92. The summed E-state index contributed by atoms with van der Waals surface area (Å²) in [6.07, 6.45) is 3.48. The van der Waals surface area contributed by atoms with Crippen molar-refractivity contribution in [3.63, 3.8) is 0 Å². The Morgan fingerprint density at radius 3 is 2.42 bits per heavy atom. The molecule has 1 fully saturated rings. The highest BCUT2D eigenvalue weighted by atomic mass is 16.3. The van der Waals surface area contributed by atoms with Gasteiger partial charge in [0.1, 0.15) is 0 Å². The second-order valence-corrected chi connectivity index (χ2v) is 6.28. The van der Waals surface area contributed by atoms with Crippen LogP contribution in [-0.4, -0.2) is 35.6 Å². The SMILES string of the molecule is CC(C)(C)C(=O)NCCC(=O)NC1CCCCC1O. The fraction of sp³-hybridized carbons (Fsp3) is 0.857. The van der Waals surface area contributed by atoms with Crippen molar-refractivity contribution in [2.45, 2.75) is 65.0 Å². The molecule has 0 aromatic carbocycles. The predicted molar refractivity (Wildman–Crippen MR) is 73.5 cm³/mol. The molecule has 19 heavy (non-hydrogen) atoms. The number of carbonyl (C=O) groups excluding carboxylic acids is 2. The van der Waals surface area contributed by atoms with Gasteiger partial charge in [-0.05, 0) is 12.8 Å². The van der Waals surface area contributed by atoms with Crippen LogP contribution in [0.2, 0.25) is 0 Å². The molecule has 0 aliphatic heterocycles. The molecule has 3 N–H and O–H groups in total. The van der Waals surface area contributed by atoms with E-state index in [1.54, 1.807) is 0 Å². The van der Waals surface area contributed by atoms with Gasteiger partial charge in [0, 0.05) is 18.4 Å². The third-order valence-corrected chi connectivity index (χ3v) is 3.39. The van der Waals surface area contributed by atoms with E-state index in [1.165, 1.54) is 0 Å². The molecule has 0 saturated heterocycles. The summed E-state index contributed by atoms with van der Waals surface area (Å²) in [5.74, 6) is -0.168. The topological polar surface area (TPSA) is 78.4 Å². The molecule has 110 valence electrons. The van der Waals surface area contributed by atoms with Crippen LogP contribution >= 0.6 is 0 Å². The zero-order valence-electron chi connectivity index (χ0n) is 12.2. The summed E-state index contributed by atoms with van der Waals surface area (Å²) < 4.78 is 0. The van der Waals surface area contributed by atoms with E-state index in [9.17, 15) is 14.7 Å². The van der Waals surface area contributed by atoms with Gasteiger partial charge < -0.3 is 15.7 Å². The van der Waals surface area contributed by atoms with Crippen molar-refractivity contribution in [1.29, 1.82) is 0 Å². The first kappa shape index (κ1) is 16.0. The van der Waals surface area contributed by atoms with Crippen molar-refractivity contribution in [3.8, 4) is 0 Å². The fourth-order valence-corrected chi connectivity index (χ4v) is 2.11. The van der Waals surface area contributed by atoms with Gasteiger partial charge in [-0.25, -0.2) is 0 Å². The van der Waals surface area contributed by atoms with E-state index in [4.69, 9.17) is 0 Å². The Morgan fingerprint density at radius 1 is 1.21 bits per heavy atom. The lowest BCUT2D eigenvalue weighted by Crippen LogP contribution is -2.46. The summed E-state index contributed by atoms with van der Waals surface area (Å²) in [5, 5.41) is 15.3. The number of rotatable bonds is 4. The van der Waals surface area contributed by atoms with Gasteiger partial charge in [-0.2, -0.15) is 0 Å². The molecule has 0 aromatic heterocycles. The van der Waals surface area contributed by atoms with E-state index in [1.807, 2.05) is 20.8 Å². The number of aliphatic hydroxyl groups is 1. The fourth-order valence-electron chi connectivity index (χ4n) is 2.11. The van der Waals surface area contributed by atoms with Crippen molar-refractivity contribution in [3.05, 3.63) is 0 Å². The summed E-state index contributed by atoms with van der Waals surface area (Å²) in [5.41, 5.74) is -0.434. The van der Waals surface area contributed by atoms with Crippen molar-refractivity contribution >= 4 is 11.8 Å². The van der Waals surface area contributed by atoms with Crippen LogP contribution in [0.3, 0.4) is 0 Å². The van der Waals surface area contributed by atoms with Crippen LogP contribution in [0, 0.1) is 5.41 Å². The molecule has 2 amide bonds.